The third kappa shape index (κ3) is 4.76. The number of nitrogens with one attached hydrogen (secondary N) is 2. The molecule has 112 valence electrons. The third-order valence-electron chi connectivity index (χ3n) is 2.57. The Morgan fingerprint density at radius 1 is 1.29 bits per heavy atom. The molecule has 2 N–H and O–H groups in total. The Morgan fingerprint density at radius 3 is 2.33 bits per heavy atom. The zero-order valence-corrected chi connectivity index (χ0v) is 11.7. The van der Waals surface area contributed by atoms with Gasteiger partial charge in [-0.15, -0.1) is 6.42 Å². The molecule has 0 fully saturated rings. The van der Waals surface area contributed by atoms with E-state index in [1.54, 1.807) is 14.1 Å². The van der Waals surface area contributed by atoms with E-state index in [1.165, 1.54) is 4.90 Å². The van der Waals surface area contributed by atoms with Crippen LogP contribution in [-0.2, 0) is 4.79 Å². The van der Waals surface area contributed by atoms with Crippen molar-refractivity contribution in [3.63, 3.8) is 0 Å². The molecule has 3 amide bonds. The van der Waals surface area contributed by atoms with Crippen LogP contribution >= 0.6 is 0 Å². The first-order valence-corrected chi connectivity index (χ1v) is 6.05. The van der Waals surface area contributed by atoms with E-state index >= 15 is 0 Å². The molecular formula is C14H15F2N3O2. The number of anilines is 1. The number of carbonyl (C=O) groups excluding carboxylic acids is 2. The highest BCUT2D eigenvalue weighted by molar-refractivity contribution is 5.90. The van der Waals surface area contributed by atoms with Crippen molar-refractivity contribution in [1.82, 2.24) is 10.2 Å². The first kappa shape index (κ1) is 16.4. The summed E-state index contributed by atoms with van der Waals surface area (Å²) in [6.45, 7) is 0.0501. The summed E-state index contributed by atoms with van der Waals surface area (Å²) in [4.78, 5) is 24.2. The molecule has 0 spiro atoms. The maximum atomic E-state index is 13.6. The van der Waals surface area contributed by atoms with Gasteiger partial charge in [-0.3, -0.25) is 4.79 Å². The lowest BCUT2D eigenvalue weighted by Crippen LogP contribution is -2.33. The van der Waals surface area contributed by atoms with Gasteiger partial charge in [0.2, 0.25) is 5.91 Å². The number of urea groups is 1. The van der Waals surface area contributed by atoms with Crippen molar-refractivity contribution >= 4 is 17.6 Å². The highest BCUT2D eigenvalue weighted by atomic mass is 19.1. The Morgan fingerprint density at radius 2 is 1.86 bits per heavy atom. The topological polar surface area (TPSA) is 61.4 Å². The van der Waals surface area contributed by atoms with Crippen LogP contribution in [0.15, 0.2) is 12.1 Å². The second-order valence-corrected chi connectivity index (χ2v) is 4.38. The van der Waals surface area contributed by atoms with Crippen LogP contribution in [0.2, 0.25) is 0 Å². The number of halogens is 2. The molecule has 5 nitrogen and oxygen atoms in total. The fourth-order valence-electron chi connectivity index (χ4n) is 1.44. The molecule has 0 aliphatic rings. The third-order valence-corrected chi connectivity index (χ3v) is 2.57. The van der Waals surface area contributed by atoms with Gasteiger partial charge in [0.25, 0.3) is 0 Å². The van der Waals surface area contributed by atoms with E-state index in [4.69, 9.17) is 6.42 Å². The molecule has 0 aromatic heterocycles. The quantitative estimate of drug-likeness (QED) is 0.828. The number of carbonyl (C=O) groups is 2. The summed E-state index contributed by atoms with van der Waals surface area (Å²) in [5, 5.41) is 4.37. The summed E-state index contributed by atoms with van der Waals surface area (Å²) < 4.78 is 27.2. The fourth-order valence-corrected chi connectivity index (χ4v) is 1.44. The molecule has 7 heteroatoms. The Kier molecular flexibility index (Phi) is 5.67. The van der Waals surface area contributed by atoms with Crippen molar-refractivity contribution in [2.75, 3.05) is 26.0 Å². The lowest BCUT2D eigenvalue weighted by Gasteiger charge is -2.12. The molecule has 0 saturated heterocycles. The van der Waals surface area contributed by atoms with Gasteiger partial charge in [-0.2, -0.15) is 0 Å². The lowest BCUT2D eigenvalue weighted by atomic mass is 10.2. The molecule has 0 radical (unpaired) electrons. The molecule has 0 saturated carbocycles. The minimum Gasteiger partial charge on any atom is -0.349 e. The van der Waals surface area contributed by atoms with Crippen molar-refractivity contribution in [2.24, 2.45) is 0 Å². The number of terminal acetylenes is 1. The van der Waals surface area contributed by atoms with Crippen molar-refractivity contribution in [1.29, 1.82) is 0 Å². The van der Waals surface area contributed by atoms with Gasteiger partial charge >= 0.3 is 6.03 Å². The monoisotopic (exact) mass is 295 g/mol. The minimum atomic E-state index is -0.970. The highest BCUT2D eigenvalue weighted by Gasteiger charge is 2.13. The molecule has 0 aliphatic heterocycles. The Hall–Kier alpha value is -2.62. The standard InChI is InChI=1S/C14H15F2N3O2/c1-4-9-7-10(15)13(11(16)8-9)18-14(21)17-6-5-12(20)19(2)3/h1,7-8H,5-6H2,2-3H3,(H2,17,18,21). The zero-order valence-electron chi connectivity index (χ0n) is 11.7. The maximum Gasteiger partial charge on any atom is 0.319 e. The van der Waals surface area contributed by atoms with Crippen LogP contribution in [0.3, 0.4) is 0 Å². The molecule has 21 heavy (non-hydrogen) atoms. The average molecular weight is 295 g/mol. The van der Waals surface area contributed by atoms with E-state index < -0.39 is 23.4 Å². The van der Waals surface area contributed by atoms with E-state index in [2.05, 4.69) is 11.2 Å². The first-order chi connectivity index (χ1) is 9.85. The van der Waals surface area contributed by atoms with Crippen molar-refractivity contribution < 1.29 is 18.4 Å². The summed E-state index contributed by atoms with van der Waals surface area (Å²) in [7, 11) is 3.17. The van der Waals surface area contributed by atoms with Gasteiger partial charge in [0.15, 0.2) is 11.6 Å². The van der Waals surface area contributed by atoms with E-state index in [0.29, 0.717) is 0 Å². The molecule has 0 bridgehead atoms. The SMILES string of the molecule is C#Cc1cc(F)c(NC(=O)NCCC(=O)N(C)C)c(F)c1. The van der Waals surface area contributed by atoms with Crippen molar-refractivity contribution in [3.05, 3.63) is 29.3 Å². The zero-order chi connectivity index (χ0) is 16.0. The number of hydrogen-bond acceptors (Lipinski definition) is 2. The second-order valence-electron chi connectivity index (χ2n) is 4.38. The van der Waals surface area contributed by atoms with Crippen LogP contribution in [-0.4, -0.2) is 37.5 Å². The van der Waals surface area contributed by atoms with Crippen LogP contribution in [0, 0.1) is 24.0 Å². The van der Waals surface area contributed by atoms with Gasteiger partial charge in [0.1, 0.15) is 5.69 Å². The number of amides is 3. The molecular weight excluding hydrogens is 280 g/mol. The van der Waals surface area contributed by atoms with Crippen LogP contribution in [0.25, 0.3) is 0 Å². The van der Waals surface area contributed by atoms with Gasteiger partial charge in [0, 0.05) is 32.6 Å². The smallest absolute Gasteiger partial charge is 0.319 e. The van der Waals surface area contributed by atoms with Crippen molar-refractivity contribution in [2.45, 2.75) is 6.42 Å². The summed E-state index contributed by atoms with van der Waals surface area (Å²) in [5.74, 6) is -0.0188. The summed E-state index contributed by atoms with van der Waals surface area (Å²) >= 11 is 0. The predicted octanol–water partition coefficient (Wildman–Crippen LogP) is 1.55. The number of rotatable bonds is 4. The minimum absolute atomic E-state index is 0.0348. The highest BCUT2D eigenvalue weighted by Crippen LogP contribution is 2.20. The lowest BCUT2D eigenvalue weighted by molar-refractivity contribution is -0.128. The largest absolute Gasteiger partial charge is 0.349 e. The number of nitrogens with zero attached hydrogens (tertiary/aromatic N) is 1. The van der Waals surface area contributed by atoms with Crippen LogP contribution in [0.5, 0.6) is 0 Å². The van der Waals surface area contributed by atoms with E-state index in [9.17, 15) is 18.4 Å². The molecule has 0 heterocycles. The summed E-state index contributed by atoms with van der Waals surface area (Å²) in [6, 6.07) is 1.07. The second kappa shape index (κ2) is 7.24. The van der Waals surface area contributed by atoms with E-state index in [-0.39, 0.29) is 24.4 Å². The molecule has 1 rings (SSSR count). The van der Waals surface area contributed by atoms with Gasteiger partial charge in [-0.05, 0) is 12.1 Å². The van der Waals surface area contributed by atoms with Crippen LogP contribution < -0.4 is 10.6 Å². The maximum absolute atomic E-state index is 13.6. The summed E-state index contributed by atoms with van der Waals surface area (Å²) in [5.41, 5.74) is -0.557. The fraction of sp³-hybridized carbons (Fsp3) is 0.286. The van der Waals surface area contributed by atoms with E-state index in [0.717, 1.165) is 12.1 Å². The van der Waals surface area contributed by atoms with Gasteiger partial charge in [0.05, 0.1) is 0 Å². The Labute approximate surface area is 121 Å². The number of hydrogen-bond donors (Lipinski definition) is 2. The first-order valence-electron chi connectivity index (χ1n) is 6.05. The van der Waals surface area contributed by atoms with E-state index in [1.807, 2.05) is 5.32 Å². The van der Waals surface area contributed by atoms with Crippen LogP contribution in [0.4, 0.5) is 19.3 Å². The molecule has 1 aromatic rings. The molecule has 0 atom stereocenters. The molecule has 0 aliphatic carbocycles. The normalized spacial score (nSPS) is 9.67. The Balaban J connectivity index is 2.60. The molecule has 1 aromatic carbocycles. The van der Waals surface area contributed by atoms with Gasteiger partial charge in [-0.25, -0.2) is 13.6 Å². The predicted molar refractivity (Wildman–Crippen MR) is 74.6 cm³/mol. The number of benzene rings is 1. The Bertz CT molecular complexity index is 571. The molecule has 0 unspecified atom stereocenters. The van der Waals surface area contributed by atoms with Crippen LogP contribution in [0.1, 0.15) is 12.0 Å². The summed E-state index contributed by atoms with van der Waals surface area (Å²) in [6.07, 6.45) is 5.12. The van der Waals surface area contributed by atoms with Crippen molar-refractivity contribution in [3.8, 4) is 12.3 Å². The average Bonchev–Trinajstić information content (AvgIpc) is 2.42. The van der Waals surface area contributed by atoms with Gasteiger partial charge < -0.3 is 15.5 Å². The van der Waals surface area contributed by atoms with Gasteiger partial charge in [-0.1, -0.05) is 5.92 Å².